The van der Waals surface area contributed by atoms with Crippen molar-refractivity contribution in [2.75, 3.05) is 13.6 Å². The van der Waals surface area contributed by atoms with Crippen LogP contribution in [0.15, 0.2) is 42.6 Å². The summed E-state index contributed by atoms with van der Waals surface area (Å²) in [5.41, 5.74) is 4.22. The highest BCUT2D eigenvalue weighted by molar-refractivity contribution is 5.94. The zero-order valence-corrected chi connectivity index (χ0v) is 12.2. The molecule has 0 bridgehead atoms. The van der Waals surface area contributed by atoms with Crippen molar-refractivity contribution < 1.29 is 4.79 Å². The summed E-state index contributed by atoms with van der Waals surface area (Å²) in [5, 5.41) is 3.34. The maximum Gasteiger partial charge on any atom is 0.253 e. The second-order valence-electron chi connectivity index (χ2n) is 5.39. The van der Waals surface area contributed by atoms with Gasteiger partial charge in [-0.2, -0.15) is 0 Å². The van der Waals surface area contributed by atoms with Gasteiger partial charge in [-0.15, -0.1) is 0 Å². The largest absolute Gasteiger partial charge is 0.336 e. The molecule has 2 aromatic rings. The number of aromatic nitrogens is 1. The Morgan fingerprint density at radius 1 is 1.29 bits per heavy atom. The van der Waals surface area contributed by atoms with E-state index < -0.39 is 0 Å². The molecule has 4 nitrogen and oxygen atoms in total. The lowest BCUT2D eigenvalue weighted by Gasteiger charge is -2.20. The second kappa shape index (κ2) is 6.06. The Balaban J connectivity index is 1.75. The SMILES string of the molecule is CN(Cc1ccccn1)C(=O)c1ccc2c(c1)CNCC2. The summed E-state index contributed by atoms with van der Waals surface area (Å²) < 4.78 is 0. The van der Waals surface area contributed by atoms with Crippen LogP contribution in [0, 0.1) is 0 Å². The van der Waals surface area contributed by atoms with Gasteiger partial charge in [0.15, 0.2) is 0 Å². The highest BCUT2D eigenvalue weighted by Gasteiger charge is 2.15. The summed E-state index contributed by atoms with van der Waals surface area (Å²) in [6, 6.07) is 11.8. The first-order valence-electron chi connectivity index (χ1n) is 7.22. The number of benzene rings is 1. The van der Waals surface area contributed by atoms with Gasteiger partial charge in [-0.25, -0.2) is 0 Å². The van der Waals surface area contributed by atoms with Crippen LogP contribution in [0.2, 0.25) is 0 Å². The molecule has 0 saturated carbocycles. The summed E-state index contributed by atoms with van der Waals surface area (Å²) in [7, 11) is 1.81. The highest BCUT2D eigenvalue weighted by Crippen LogP contribution is 2.17. The number of fused-ring (bicyclic) bond motifs is 1. The molecule has 108 valence electrons. The first-order chi connectivity index (χ1) is 10.2. The summed E-state index contributed by atoms with van der Waals surface area (Å²) >= 11 is 0. The van der Waals surface area contributed by atoms with E-state index in [2.05, 4.69) is 16.4 Å². The second-order valence-corrected chi connectivity index (χ2v) is 5.39. The predicted octanol–water partition coefficient (Wildman–Crippen LogP) is 2.00. The molecule has 0 atom stereocenters. The van der Waals surface area contributed by atoms with E-state index in [1.165, 1.54) is 11.1 Å². The number of nitrogens with zero attached hydrogens (tertiary/aromatic N) is 2. The number of carbonyl (C=O) groups is 1. The van der Waals surface area contributed by atoms with Crippen LogP contribution in [0.4, 0.5) is 0 Å². The zero-order chi connectivity index (χ0) is 14.7. The smallest absolute Gasteiger partial charge is 0.253 e. The number of hydrogen-bond donors (Lipinski definition) is 1. The molecule has 1 amide bonds. The summed E-state index contributed by atoms with van der Waals surface area (Å²) in [4.78, 5) is 18.5. The van der Waals surface area contributed by atoms with Crippen LogP contribution in [0.3, 0.4) is 0 Å². The Bertz CT molecular complexity index is 640. The molecule has 0 aliphatic carbocycles. The van der Waals surface area contributed by atoms with Gasteiger partial charge in [0.05, 0.1) is 12.2 Å². The molecule has 1 aromatic heterocycles. The molecule has 1 N–H and O–H groups in total. The lowest BCUT2D eigenvalue weighted by Crippen LogP contribution is -2.28. The zero-order valence-electron chi connectivity index (χ0n) is 12.2. The Kier molecular flexibility index (Phi) is 3.97. The van der Waals surface area contributed by atoms with Crippen molar-refractivity contribution in [3.63, 3.8) is 0 Å². The molecule has 0 fully saturated rings. The van der Waals surface area contributed by atoms with Gasteiger partial charge in [0, 0.05) is 25.4 Å². The third kappa shape index (κ3) is 3.11. The number of carbonyl (C=O) groups excluding carboxylic acids is 1. The van der Waals surface area contributed by atoms with Crippen LogP contribution in [0.25, 0.3) is 0 Å². The van der Waals surface area contributed by atoms with Gasteiger partial charge in [0.2, 0.25) is 0 Å². The first kappa shape index (κ1) is 13.8. The van der Waals surface area contributed by atoms with Crippen LogP contribution in [0.1, 0.15) is 27.2 Å². The quantitative estimate of drug-likeness (QED) is 0.936. The van der Waals surface area contributed by atoms with Crippen molar-refractivity contribution in [1.29, 1.82) is 0 Å². The fraction of sp³-hybridized carbons (Fsp3) is 0.294. The molecule has 1 aromatic carbocycles. The third-order valence-corrected chi connectivity index (χ3v) is 3.81. The third-order valence-electron chi connectivity index (χ3n) is 3.81. The van der Waals surface area contributed by atoms with Crippen molar-refractivity contribution >= 4 is 5.91 Å². The molecule has 21 heavy (non-hydrogen) atoms. The van der Waals surface area contributed by atoms with Gasteiger partial charge < -0.3 is 10.2 Å². The molecule has 1 aliphatic heterocycles. The van der Waals surface area contributed by atoms with Crippen molar-refractivity contribution in [2.24, 2.45) is 0 Å². The monoisotopic (exact) mass is 281 g/mol. The fourth-order valence-corrected chi connectivity index (χ4v) is 2.64. The average molecular weight is 281 g/mol. The summed E-state index contributed by atoms with van der Waals surface area (Å²) in [6.45, 7) is 2.38. The Morgan fingerprint density at radius 3 is 3.00 bits per heavy atom. The van der Waals surface area contributed by atoms with E-state index in [9.17, 15) is 4.79 Å². The lowest BCUT2D eigenvalue weighted by atomic mass is 9.98. The van der Waals surface area contributed by atoms with Gasteiger partial charge in [-0.1, -0.05) is 12.1 Å². The van der Waals surface area contributed by atoms with Gasteiger partial charge in [0.25, 0.3) is 5.91 Å². The molecular weight excluding hydrogens is 262 g/mol. The summed E-state index contributed by atoms with van der Waals surface area (Å²) in [6.07, 6.45) is 2.78. The molecule has 0 radical (unpaired) electrons. The van der Waals surface area contributed by atoms with Gasteiger partial charge in [-0.05, 0) is 48.4 Å². The summed E-state index contributed by atoms with van der Waals surface area (Å²) in [5.74, 6) is 0.0361. The molecule has 0 saturated heterocycles. The molecule has 2 heterocycles. The average Bonchev–Trinajstić information content (AvgIpc) is 2.54. The maximum absolute atomic E-state index is 12.5. The van der Waals surface area contributed by atoms with Crippen LogP contribution < -0.4 is 5.32 Å². The molecular formula is C17H19N3O. The van der Waals surface area contributed by atoms with Crippen LogP contribution >= 0.6 is 0 Å². The fourth-order valence-electron chi connectivity index (χ4n) is 2.64. The van der Waals surface area contributed by atoms with E-state index in [-0.39, 0.29) is 5.91 Å². The van der Waals surface area contributed by atoms with E-state index in [0.717, 1.165) is 30.8 Å². The van der Waals surface area contributed by atoms with Crippen molar-refractivity contribution in [3.05, 3.63) is 65.0 Å². The van der Waals surface area contributed by atoms with Gasteiger partial charge in [0.1, 0.15) is 0 Å². The van der Waals surface area contributed by atoms with Crippen molar-refractivity contribution in [3.8, 4) is 0 Å². The van der Waals surface area contributed by atoms with Crippen molar-refractivity contribution in [2.45, 2.75) is 19.5 Å². The highest BCUT2D eigenvalue weighted by atomic mass is 16.2. The minimum atomic E-state index is 0.0361. The number of nitrogens with one attached hydrogen (secondary N) is 1. The first-order valence-corrected chi connectivity index (χ1v) is 7.22. The van der Waals surface area contributed by atoms with E-state index in [1.807, 2.05) is 37.4 Å². The molecule has 0 unspecified atom stereocenters. The van der Waals surface area contributed by atoms with E-state index in [1.54, 1.807) is 11.1 Å². The van der Waals surface area contributed by atoms with Crippen LogP contribution in [-0.2, 0) is 19.5 Å². The number of amides is 1. The number of rotatable bonds is 3. The van der Waals surface area contributed by atoms with E-state index in [0.29, 0.717) is 6.54 Å². The number of hydrogen-bond acceptors (Lipinski definition) is 3. The minimum absolute atomic E-state index is 0.0361. The topological polar surface area (TPSA) is 45.2 Å². The molecule has 0 spiro atoms. The molecule has 1 aliphatic rings. The Hall–Kier alpha value is -2.20. The molecule has 3 rings (SSSR count). The van der Waals surface area contributed by atoms with Gasteiger partial charge >= 0.3 is 0 Å². The van der Waals surface area contributed by atoms with E-state index >= 15 is 0 Å². The van der Waals surface area contributed by atoms with Crippen molar-refractivity contribution in [1.82, 2.24) is 15.2 Å². The lowest BCUT2D eigenvalue weighted by molar-refractivity contribution is 0.0783. The van der Waals surface area contributed by atoms with Gasteiger partial charge in [-0.3, -0.25) is 9.78 Å². The maximum atomic E-state index is 12.5. The minimum Gasteiger partial charge on any atom is -0.336 e. The van der Waals surface area contributed by atoms with E-state index in [4.69, 9.17) is 0 Å². The normalized spacial score (nSPS) is 13.6. The standard InChI is InChI=1S/C17H19N3O/c1-20(12-16-4-2-3-8-19-16)17(21)14-6-5-13-7-9-18-11-15(13)10-14/h2-6,8,10,18H,7,9,11-12H2,1H3. The Labute approximate surface area is 124 Å². The van der Waals surface area contributed by atoms with Crippen LogP contribution in [-0.4, -0.2) is 29.4 Å². The molecule has 4 heteroatoms. The van der Waals surface area contributed by atoms with Crippen LogP contribution in [0.5, 0.6) is 0 Å². The predicted molar refractivity (Wildman–Crippen MR) is 81.9 cm³/mol. The Morgan fingerprint density at radius 2 is 2.19 bits per heavy atom. The number of pyridine rings is 1.